The number of aromatic nitrogens is 1. The standard InChI is InChI=1S/C17H20N2O2/c1-21-16-9-5-4-8-15(16)19-14-7-3-2-6-12(14)10-13(11-18)17(19)20/h4-5,8-10H,2-3,6-7,11,18H2,1H3. The fraction of sp³-hybridized carbons (Fsp3) is 0.353. The summed E-state index contributed by atoms with van der Waals surface area (Å²) in [6, 6.07) is 9.63. The van der Waals surface area contributed by atoms with Crippen molar-refractivity contribution in [3.63, 3.8) is 0 Å². The Bertz CT molecular complexity index is 719. The molecule has 110 valence electrons. The average molecular weight is 284 g/mol. The molecule has 2 aromatic rings. The van der Waals surface area contributed by atoms with Gasteiger partial charge >= 0.3 is 0 Å². The highest BCUT2D eigenvalue weighted by Gasteiger charge is 2.19. The van der Waals surface area contributed by atoms with Gasteiger partial charge in [-0.1, -0.05) is 12.1 Å². The van der Waals surface area contributed by atoms with Gasteiger partial charge < -0.3 is 10.5 Å². The van der Waals surface area contributed by atoms with Crippen LogP contribution in [-0.2, 0) is 19.4 Å². The molecule has 4 nitrogen and oxygen atoms in total. The van der Waals surface area contributed by atoms with E-state index in [4.69, 9.17) is 10.5 Å². The van der Waals surface area contributed by atoms with Crippen LogP contribution in [0.25, 0.3) is 5.69 Å². The molecule has 0 amide bonds. The smallest absolute Gasteiger partial charge is 0.259 e. The van der Waals surface area contributed by atoms with Crippen LogP contribution in [0.5, 0.6) is 5.75 Å². The van der Waals surface area contributed by atoms with Gasteiger partial charge in [-0.25, -0.2) is 0 Å². The van der Waals surface area contributed by atoms with Crippen LogP contribution in [0.2, 0.25) is 0 Å². The van der Waals surface area contributed by atoms with Gasteiger partial charge in [-0.3, -0.25) is 9.36 Å². The third kappa shape index (κ3) is 2.36. The molecule has 0 fully saturated rings. The lowest BCUT2D eigenvalue weighted by molar-refractivity contribution is 0.412. The number of benzene rings is 1. The van der Waals surface area contributed by atoms with Gasteiger partial charge in [-0.2, -0.15) is 0 Å². The van der Waals surface area contributed by atoms with Crippen molar-refractivity contribution in [1.82, 2.24) is 4.57 Å². The van der Waals surface area contributed by atoms with E-state index in [1.54, 1.807) is 11.7 Å². The van der Waals surface area contributed by atoms with Crippen LogP contribution >= 0.6 is 0 Å². The van der Waals surface area contributed by atoms with Crippen LogP contribution in [0.3, 0.4) is 0 Å². The Morgan fingerprint density at radius 3 is 2.76 bits per heavy atom. The number of hydrogen-bond donors (Lipinski definition) is 1. The second kappa shape index (κ2) is 5.74. The summed E-state index contributed by atoms with van der Waals surface area (Å²) in [6.45, 7) is 0.265. The minimum absolute atomic E-state index is 0.0253. The largest absolute Gasteiger partial charge is 0.495 e. The summed E-state index contributed by atoms with van der Waals surface area (Å²) in [5, 5.41) is 0. The summed E-state index contributed by atoms with van der Waals surface area (Å²) in [4.78, 5) is 12.8. The number of hydrogen-bond acceptors (Lipinski definition) is 3. The van der Waals surface area contributed by atoms with Crippen LogP contribution in [0, 0.1) is 0 Å². The molecule has 3 rings (SSSR count). The molecule has 21 heavy (non-hydrogen) atoms. The Hall–Kier alpha value is -2.07. The molecule has 2 N–H and O–H groups in total. The Morgan fingerprint density at radius 1 is 1.24 bits per heavy atom. The molecule has 0 spiro atoms. The molecule has 0 aliphatic heterocycles. The summed E-state index contributed by atoms with van der Waals surface area (Å²) in [7, 11) is 1.63. The normalized spacial score (nSPS) is 13.8. The van der Waals surface area contributed by atoms with Gasteiger partial charge in [0.25, 0.3) is 5.56 Å². The van der Waals surface area contributed by atoms with E-state index in [1.807, 2.05) is 30.3 Å². The number of fused-ring (bicyclic) bond motifs is 1. The van der Waals surface area contributed by atoms with Crippen molar-refractivity contribution in [2.75, 3.05) is 7.11 Å². The lowest BCUT2D eigenvalue weighted by Gasteiger charge is -2.23. The Balaban J connectivity index is 2.32. The number of methoxy groups -OCH3 is 1. The SMILES string of the molecule is COc1ccccc1-n1c2c(cc(CN)c1=O)CCCC2. The van der Waals surface area contributed by atoms with Crippen molar-refractivity contribution in [3.8, 4) is 11.4 Å². The summed E-state index contributed by atoms with van der Waals surface area (Å²) in [5.41, 5.74) is 9.55. The predicted molar refractivity (Wildman–Crippen MR) is 83.1 cm³/mol. The number of nitrogens with zero attached hydrogens (tertiary/aromatic N) is 1. The van der Waals surface area contributed by atoms with Crippen LogP contribution in [0.15, 0.2) is 35.1 Å². The number of nitrogens with two attached hydrogens (primary N) is 1. The van der Waals surface area contributed by atoms with Crippen molar-refractivity contribution in [2.24, 2.45) is 5.73 Å². The third-order valence-corrected chi connectivity index (χ3v) is 4.12. The van der Waals surface area contributed by atoms with Crippen molar-refractivity contribution < 1.29 is 4.74 Å². The maximum absolute atomic E-state index is 12.8. The maximum Gasteiger partial charge on any atom is 0.259 e. The zero-order chi connectivity index (χ0) is 14.8. The quantitative estimate of drug-likeness (QED) is 0.940. The fourth-order valence-corrected chi connectivity index (χ4v) is 3.08. The van der Waals surface area contributed by atoms with E-state index >= 15 is 0 Å². The van der Waals surface area contributed by atoms with Crippen molar-refractivity contribution >= 4 is 0 Å². The molecule has 1 aliphatic rings. The molecule has 0 saturated carbocycles. The Labute approximate surface area is 124 Å². The zero-order valence-electron chi connectivity index (χ0n) is 12.3. The first-order valence-electron chi connectivity index (χ1n) is 7.36. The van der Waals surface area contributed by atoms with Crippen molar-refractivity contribution in [1.29, 1.82) is 0 Å². The number of rotatable bonds is 3. The maximum atomic E-state index is 12.8. The highest BCUT2D eigenvalue weighted by Crippen LogP contribution is 2.27. The number of aryl methyl sites for hydroxylation is 1. The first-order valence-corrected chi connectivity index (χ1v) is 7.36. The van der Waals surface area contributed by atoms with Gasteiger partial charge in [0.05, 0.1) is 12.8 Å². The second-order valence-corrected chi connectivity index (χ2v) is 5.37. The second-order valence-electron chi connectivity index (χ2n) is 5.37. The first-order chi connectivity index (χ1) is 10.3. The number of pyridine rings is 1. The summed E-state index contributed by atoms with van der Waals surface area (Å²) in [6.07, 6.45) is 4.22. The van der Waals surface area contributed by atoms with Gasteiger partial charge in [0.15, 0.2) is 0 Å². The van der Waals surface area contributed by atoms with Gasteiger partial charge in [0.1, 0.15) is 5.75 Å². The lowest BCUT2D eigenvalue weighted by Crippen LogP contribution is -2.29. The van der Waals surface area contributed by atoms with Gasteiger partial charge in [0.2, 0.25) is 0 Å². The number of ether oxygens (including phenoxy) is 1. The van der Waals surface area contributed by atoms with Crippen molar-refractivity contribution in [3.05, 3.63) is 57.5 Å². The third-order valence-electron chi connectivity index (χ3n) is 4.12. The highest BCUT2D eigenvalue weighted by atomic mass is 16.5. The van der Waals surface area contributed by atoms with Crippen LogP contribution < -0.4 is 16.0 Å². The monoisotopic (exact) mass is 284 g/mol. The van der Waals surface area contributed by atoms with Gasteiger partial charge in [0, 0.05) is 17.8 Å². The summed E-state index contributed by atoms with van der Waals surface area (Å²) >= 11 is 0. The first kappa shape index (κ1) is 13.9. The summed E-state index contributed by atoms with van der Waals surface area (Å²) < 4.78 is 7.23. The highest BCUT2D eigenvalue weighted by molar-refractivity contribution is 5.49. The summed E-state index contributed by atoms with van der Waals surface area (Å²) in [5.74, 6) is 0.710. The van der Waals surface area contributed by atoms with E-state index in [2.05, 4.69) is 0 Å². The van der Waals surface area contributed by atoms with Gasteiger partial charge in [-0.05, 0) is 49.4 Å². The molecule has 1 aromatic heterocycles. The molecule has 4 heteroatoms. The van der Waals surface area contributed by atoms with Crippen LogP contribution in [0.4, 0.5) is 0 Å². The van der Waals surface area contributed by atoms with Gasteiger partial charge in [-0.15, -0.1) is 0 Å². The molecule has 1 aromatic carbocycles. The van der Waals surface area contributed by atoms with Crippen molar-refractivity contribution in [2.45, 2.75) is 32.2 Å². The van der Waals surface area contributed by atoms with Crippen LogP contribution in [0.1, 0.15) is 29.7 Å². The fourth-order valence-electron chi connectivity index (χ4n) is 3.08. The zero-order valence-corrected chi connectivity index (χ0v) is 12.3. The predicted octanol–water partition coefficient (Wildman–Crippen LogP) is 2.18. The molecule has 0 radical (unpaired) electrons. The molecule has 1 heterocycles. The van der Waals surface area contributed by atoms with E-state index in [9.17, 15) is 4.79 Å². The molecular weight excluding hydrogens is 264 g/mol. The topological polar surface area (TPSA) is 57.2 Å². The van der Waals surface area contributed by atoms with Crippen LogP contribution in [-0.4, -0.2) is 11.7 Å². The van der Waals surface area contributed by atoms with E-state index < -0.39 is 0 Å². The van der Waals surface area contributed by atoms with E-state index in [0.717, 1.165) is 30.6 Å². The molecule has 0 bridgehead atoms. The van der Waals surface area contributed by atoms with E-state index in [1.165, 1.54) is 12.0 Å². The molecule has 0 saturated heterocycles. The minimum atomic E-state index is -0.0253. The average Bonchev–Trinajstić information content (AvgIpc) is 2.54. The molecular formula is C17H20N2O2. The minimum Gasteiger partial charge on any atom is -0.495 e. The van der Waals surface area contributed by atoms with E-state index in [0.29, 0.717) is 11.3 Å². The molecule has 0 atom stereocenters. The lowest BCUT2D eigenvalue weighted by atomic mass is 9.94. The molecule has 1 aliphatic carbocycles. The van der Waals surface area contributed by atoms with E-state index in [-0.39, 0.29) is 12.1 Å². The molecule has 0 unspecified atom stereocenters. The number of para-hydroxylation sites is 2. The Kier molecular flexibility index (Phi) is 3.80. The Morgan fingerprint density at radius 2 is 2.00 bits per heavy atom.